The van der Waals surface area contributed by atoms with Crippen molar-refractivity contribution in [1.82, 2.24) is 25.4 Å². The van der Waals surface area contributed by atoms with Crippen molar-refractivity contribution in [3.8, 4) is 11.6 Å². The van der Waals surface area contributed by atoms with Crippen LogP contribution in [0, 0.1) is 11.8 Å². The number of furan rings is 1. The smallest absolute Gasteiger partial charge is 0.216 e. The third-order valence-electron chi connectivity index (χ3n) is 5.14. The van der Waals surface area contributed by atoms with E-state index < -0.39 is 0 Å². The number of aliphatic imine (C=N–C) groups is 1. The lowest BCUT2D eigenvalue weighted by Crippen LogP contribution is -2.40. The minimum Gasteiger partial charge on any atom is -0.461 e. The largest absolute Gasteiger partial charge is 0.461 e. The first-order valence-corrected chi connectivity index (χ1v) is 9.15. The van der Waals surface area contributed by atoms with Gasteiger partial charge < -0.3 is 14.6 Å². The molecule has 0 saturated carbocycles. The van der Waals surface area contributed by atoms with E-state index in [-0.39, 0.29) is 0 Å². The highest BCUT2D eigenvalue weighted by atomic mass is 16.3. The summed E-state index contributed by atoms with van der Waals surface area (Å²) in [6.45, 7) is 7.30. The van der Waals surface area contributed by atoms with Crippen molar-refractivity contribution in [3.63, 3.8) is 0 Å². The van der Waals surface area contributed by atoms with Crippen molar-refractivity contribution in [1.29, 1.82) is 0 Å². The van der Waals surface area contributed by atoms with Gasteiger partial charge in [-0.2, -0.15) is 0 Å². The first-order chi connectivity index (χ1) is 12.2. The summed E-state index contributed by atoms with van der Waals surface area (Å²) in [6.07, 6.45) is 5.39. The topological polar surface area (TPSA) is 82.3 Å². The number of guanidine groups is 1. The fourth-order valence-corrected chi connectivity index (χ4v) is 3.71. The highest BCUT2D eigenvalue weighted by Crippen LogP contribution is 2.28. The van der Waals surface area contributed by atoms with Crippen LogP contribution in [0.3, 0.4) is 0 Å². The van der Waals surface area contributed by atoms with Crippen LogP contribution in [-0.2, 0) is 6.54 Å². The summed E-state index contributed by atoms with van der Waals surface area (Å²) in [6, 6.07) is 3.68. The molecule has 7 heteroatoms. The SMILES string of the molecule is CCC(CC)C1CCN(C(=NC)NCc2nc(-c3ccco3)n[nH]2)C1. The van der Waals surface area contributed by atoms with Gasteiger partial charge in [0.1, 0.15) is 5.82 Å². The van der Waals surface area contributed by atoms with E-state index in [2.05, 4.69) is 44.2 Å². The normalized spacial score (nSPS) is 18.3. The first kappa shape index (κ1) is 17.5. The predicted molar refractivity (Wildman–Crippen MR) is 98.0 cm³/mol. The van der Waals surface area contributed by atoms with E-state index in [1.807, 2.05) is 19.2 Å². The molecule has 25 heavy (non-hydrogen) atoms. The van der Waals surface area contributed by atoms with E-state index >= 15 is 0 Å². The molecule has 3 heterocycles. The van der Waals surface area contributed by atoms with Gasteiger partial charge in [0.05, 0.1) is 12.8 Å². The van der Waals surface area contributed by atoms with Crippen LogP contribution < -0.4 is 5.32 Å². The molecule has 1 saturated heterocycles. The lowest BCUT2D eigenvalue weighted by molar-refractivity contribution is 0.319. The Kier molecular flexibility index (Phi) is 5.73. The molecular weight excluding hydrogens is 316 g/mol. The van der Waals surface area contributed by atoms with Gasteiger partial charge in [-0.15, -0.1) is 5.10 Å². The minimum absolute atomic E-state index is 0.562. The van der Waals surface area contributed by atoms with Crippen LogP contribution in [0.25, 0.3) is 11.6 Å². The van der Waals surface area contributed by atoms with E-state index in [4.69, 9.17) is 4.42 Å². The fourth-order valence-electron chi connectivity index (χ4n) is 3.71. The average molecular weight is 344 g/mol. The number of rotatable bonds is 6. The van der Waals surface area contributed by atoms with Gasteiger partial charge in [-0.1, -0.05) is 26.7 Å². The van der Waals surface area contributed by atoms with Gasteiger partial charge in [0.15, 0.2) is 11.7 Å². The Hall–Kier alpha value is -2.31. The van der Waals surface area contributed by atoms with Gasteiger partial charge in [0.25, 0.3) is 0 Å². The van der Waals surface area contributed by atoms with Crippen molar-refractivity contribution >= 4 is 5.96 Å². The molecule has 1 atom stereocenters. The number of aromatic nitrogens is 3. The van der Waals surface area contributed by atoms with Crippen LogP contribution in [0.2, 0.25) is 0 Å². The molecule has 1 unspecified atom stereocenters. The number of nitrogens with zero attached hydrogens (tertiary/aromatic N) is 4. The molecule has 2 aromatic rings. The van der Waals surface area contributed by atoms with Gasteiger partial charge >= 0.3 is 0 Å². The van der Waals surface area contributed by atoms with E-state index in [9.17, 15) is 0 Å². The van der Waals surface area contributed by atoms with E-state index in [0.29, 0.717) is 18.1 Å². The van der Waals surface area contributed by atoms with Crippen LogP contribution in [0.5, 0.6) is 0 Å². The molecule has 136 valence electrons. The quantitative estimate of drug-likeness (QED) is 0.622. The monoisotopic (exact) mass is 344 g/mol. The first-order valence-electron chi connectivity index (χ1n) is 9.15. The number of hydrogen-bond acceptors (Lipinski definition) is 4. The van der Waals surface area contributed by atoms with Crippen molar-refractivity contribution in [2.45, 2.75) is 39.7 Å². The molecule has 0 aliphatic carbocycles. The van der Waals surface area contributed by atoms with Gasteiger partial charge in [0.2, 0.25) is 5.82 Å². The third-order valence-corrected chi connectivity index (χ3v) is 5.14. The highest BCUT2D eigenvalue weighted by Gasteiger charge is 2.29. The zero-order chi connectivity index (χ0) is 17.6. The van der Waals surface area contributed by atoms with Gasteiger partial charge in [0, 0.05) is 20.1 Å². The lowest BCUT2D eigenvalue weighted by atomic mass is 9.87. The summed E-state index contributed by atoms with van der Waals surface area (Å²) in [5.74, 6) is 4.52. The van der Waals surface area contributed by atoms with Crippen LogP contribution in [-0.4, -0.2) is 46.2 Å². The Morgan fingerprint density at radius 1 is 1.48 bits per heavy atom. The maximum atomic E-state index is 5.32. The highest BCUT2D eigenvalue weighted by molar-refractivity contribution is 5.80. The van der Waals surface area contributed by atoms with Gasteiger partial charge in [-0.05, 0) is 30.4 Å². The van der Waals surface area contributed by atoms with Gasteiger partial charge in [-0.3, -0.25) is 10.1 Å². The van der Waals surface area contributed by atoms with Gasteiger partial charge in [-0.25, -0.2) is 4.98 Å². The predicted octanol–water partition coefficient (Wildman–Crippen LogP) is 2.90. The van der Waals surface area contributed by atoms with E-state index in [0.717, 1.165) is 36.7 Å². The second kappa shape index (κ2) is 8.18. The molecule has 0 aromatic carbocycles. The third kappa shape index (κ3) is 4.03. The van der Waals surface area contributed by atoms with Crippen molar-refractivity contribution in [2.24, 2.45) is 16.8 Å². The number of H-pyrrole nitrogens is 1. The molecule has 1 fully saturated rings. The number of nitrogens with one attached hydrogen (secondary N) is 2. The zero-order valence-corrected chi connectivity index (χ0v) is 15.3. The average Bonchev–Trinajstić information content (AvgIpc) is 3.38. The summed E-state index contributed by atoms with van der Waals surface area (Å²) in [7, 11) is 1.83. The molecular formula is C18H28N6O. The molecule has 7 nitrogen and oxygen atoms in total. The Morgan fingerprint density at radius 3 is 3.00 bits per heavy atom. The lowest BCUT2D eigenvalue weighted by Gasteiger charge is -2.24. The van der Waals surface area contributed by atoms with Crippen LogP contribution in [0.1, 0.15) is 38.9 Å². The standard InChI is InChI=1S/C18H28N6O/c1-4-13(5-2)14-8-9-24(12-14)18(19-3)20-11-16-21-17(23-22-16)15-7-6-10-25-15/h6-7,10,13-14H,4-5,8-9,11-12H2,1-3H3,(H,19,20)(H,21,22,23). The zero-order valence-electron chi connectivity index (χ0n) is 15.3. The van der Waals surface area contributed by atoms with Crippen LogP contribution >= 0.6 is 0 Å². The van der Waals surface area contributed by atoms with Crippen LogP contribution in [0.15, 0.2) is 27.8 Å². The van der Waals surface area contributed by atoms with Crippen molar-refractivity contribution < 1.29 is 4.42 Å². The minimum atomic E-state index is 0.562. The molecule has 0 bridgehead atoms. The Bertz CT molecular complexity index is 674. The summed E-state index contributed by atoms with van der Waals surface area (Å²) >= 11 is 0. The fraction of sp³-hybridized carbons (Fsp3) is 0.611. The van der Waals surface area contributed by atoms with Crippen molar-refractivity contribution in [2.75, 3.05) is 20.1 Å². The maximum Gasteiger partial charge on any atom is 0.216 e. The second-order valence-corrected chi connectivity index (χ2v) is 6.56. The molecule has 1 aliphatic rings. The Morgan fingerprint density at radius 2 is 2.32 bits per heavy atom. The maximum absolute atomic E-state index is 5.32. The molecule has 0 radical (unpaired) electrons. The number of hydrogen-bond donors (Lipinski definition) is 2. The number of aromatic amines is 1. The molecule has 3 rings (SSSR count). The molecule has 2 aromatic heterocycles. The Balaban J connectivity index is 1.55. The van der Waals surface area contributed by atoms with E-state index in [1.54, 1.807) is 6.26 Å². The second-order valence-electron chi connectivity index (χ2n) is 6.56. The summed E-state index contributed by atoms with van der Waals surface area (Å²) < 4.78 is 5.32. The summed E-state index contributed by atoms with van der Waals surface area (Å²) in [5, 5.41) is 10.5. The molecule has 0 spiro atoms. The molecule has 1 aliphatic heterocycles. The summed E-state index contributed by atoms with van der Waals surface area (Å²) in [5.41, 5.74) is 0. The number of likely N-dealkylation sites (tertiary alicyclic amines) is 1. The van der Waals surface area contributed by atoms with Crippen LogP contribution in [0.4, 0.5) is 0 Å². The molecule has 2 N–H and O–H groups in total. The summed E-state index contributed by atoms with van der Waals surface area (Å²) in [4.78, 5) is 11.3. The van der Waals surface area contributed by atoms with Crippen molar-refractivity contribution in [3.05, 3.63) is 24.2 Å². The van der Waals surface area contributed by atoms with E-state index in [1.165, 1.54) is 19.3 Å². The Labute approximate surface area is 148 Å². The molecule has 0 amide bonds.